The number of hydrogen-bond acceptors (Lipinski definition) is 7. The topological polar surface area (TPSA) is 74.2 Å². The van der Waals surface area contributed by atoms with Crippen molar-refractivity contribution in [3.05, 3.63) is 70.5 Å². The monoisotopic (exact) mass is 478 g/mol. The van der Waals surface area contributed by atoms with Gasteiger partial charge in [-0.25, -0.2) is 15.0 Å². The molecular formula is C24H23ClN6OS. The van der Waals surface area contributed by atoms with Gasteiger partial charge in [0.05, 0.1) is 10.2 Å². The molecule has 0 unspecified atom stereocenters. The van der Waals surface area contributed by atoms with Crippen LogP contribution in [-0.4, -0.2) is 51.9 Å². The van der Waals surface area contributed by atoms with Crippen LogP contribution in [0.2, 0.25) is 5.02 Å². The zero-order valence-electron chi connectivity index (χ0n) is 18.4. The molecule has 1 fully saturated rings. The fourth-order valence-corrected chi connectivity index (χ4v) is 5.21. The van der Waals surface area contributed by atoms with Crippen molar-refractivity contribution in [1.29, 1.82) is 0 Å². The molecule has 1 amide bonds. The Kier molecular flexibility index (Phi) is 5.86. The Hall–Kier alpha value is -3.23. The van der Waals surface area contributed by atoms with Crippen LogP contribution in [0, 0.1) is 13.8 Å². The molecule has 2 aromatic carbocycles. The zero-order chi connectivity index (χ0) is 22.9. The molecule has 1 aliphatic rings. The Morgan fingerprint density at radius 1 is 0.939 bits per heavy atom. The number of nitrogens with one attached hydrogen (secondary N) is 1. The van der Waals surface area contributed by atoms with Crippen molar-refractivity contribution < 1.29 is 4.79 Å². The molecule has 2 aromatic heterocycles. The smallest absolute Gasteiger partial charge is 0.253 e. The minimum atomic E-state index is 0.0416. The summed E-state index contributed by atoms with van der Waals surface area (Å²) in [6.45, 7) is 6.70. The van der Waals surface area contributed by atoms with Gasteiger partial charge in [-0.1, -0.05) is 22.9 Å². The number of anilines is 3. The van der Waals surface area contributed by atoms with E-state index in [1.807, 2.05) is 67.3 Å². The SMILES string of the molecule is Cc1cc(C)nc(Nc2ccc(C(=O)N3CCN(c4nc5ccc(Cl)cc5s4)CC3)cc2)n1. The van der Waals surface area contributed by atoms with Gasteiger partial charge in [0, 0.05) is 53.8 Å². The lowest BCUT2D eigenvalue weighted by molar-refractivity contribution is 0.0747. The number of hydrogen-bond donors (Lipinski definition) is 1. The Morgan fingerprint density at radius 3 is 2.33 bits per heavy atom. The summed E-state index contributed by atoms with van der Waals surface area (Å²) >= 11 is 7.74. The summed E-state index contributed by atoms with van der Waals surface area (Å²) in [7, 11) is 0. The molecule has 1 N–H and O–H groups in total. The van der Waals surface area contributed by atoms with Crippen molar-refractivity contribution in [2.75, 3.05) is 36.4 Å². The van der Waals surface area contributed by atoms with Crippen LogP contribution in [0.5, 0.6) is 0 Å². The van der Waals surface area contributed by atoms with Gasteiger partial charge in [-0.3, -0.25) is 4.79 Å². The van der Waals surface area contributed by atoms with Crippen LogP contribution in [0.1, 0.15) is 21.7 Å². The van der Waals surface area contributed by atoms with Crippen molar-refractivity contribution in [2.45, 2.75) is 13.8 Å². The predicted molar refractivity (Wildman–Crippen MR) is 134 cm³/mol. The van der Waals surface area contributed by atoms with Gasteiger partial charge in [-0.15, -0.1) is 0 Å². The van der Waals surface area contributed by atoms with Gasteiger partial charge in [-0.05, 0) is 62.4 Å². The van der Waals surface area contributed by atoms with Crippen LogP contribution in [0.25, 0.3) is 10.2 Å². The summed E-state index contributed by atoms with van der Waals surface area (Å²) in [5.74, 6) is 0.597. The van der Waals surface area contributed by atoms with E-state index in [0.29, 0.717) is 24.6 Å². The number of nitrogens with zero attached hydrogens (tertiary/aromatic N) is 5. The zero-order valence-corrected chi connectivity index (χ0v) is 20.0. The van der Waals surface area contributed by atoms with Crippen LogP contribution in [0.15, 0.2) is 48.5 Å². The molecular weight excluding hydrogens is 456 g/mol. The van der Waals surface area contributed by atoms with Gasteiger partial charge in [0.1, 0.15) is 0 Å². The van der Waals surface area contributed by atoms with E-state index in [2.05, 4.69) is 20.2 Å². The highest BCUT2D eigenvalue weighted by atomic mass is 35.5. The summed E-state index contributed by atoms with van der Waals surface area (Å²) in [5, 5.41) is 4.90. The number of thiazole rings is 1. The Morgan fingerprint density at radius 2 is 1.64 bits per heavy atom. The number of aromatic nitrogens is 3. The molecule has 0 bridgehead atoms. The van der Waals surface area contributed by atoms with E-state index in [4.69, 9.17) is 16.6 Å². The number of carbonyl (C=O) groups is 1. The quantitative estimate of drug-likeness (QED) is 0.441. The number of rotatable bonds is 4. The molecule has 1 aliphatic heterocycles. The Labute approximate surface area is 201 Å². The van der Waals surface area contributed by atoms with Gasteiger partial charge in [0.2, 0.25) is 5.95 Å². The number of fused-ring (bicyclic) bond motifs is 1. The molecule has 0 spiro atoms. The van der Waals surface area contributed by atoms with Gasteiger partial charge < -0.3 is 15.1 Å². The summed E-state index contributed by atoms with van der Waals surface area (Å²) in [5.41, 5.74) is 4.29. The molecule has 0 saturated carbocycles. The largest absolute Gasteiger partial charge is 0.345 e. The normalized spacial score (nSPS) is 14.0. The first-order valence-corrected chi connectivity index (χ1v) is 11.9. The van der Waals surface area contributed by atoms with E-state index < -0.39 is 0 Å². The Bertz CT molecular complexity index is 1290. The van der Waals surface area contributed by atoms with E-state index in [-0.39, 0.29) is 5.91 Å². The van der Waals surface area contributed by atoms with E-state index in [0.717, 1.165) is 50.5 Å². The van der Waals surface area contributed by atoms with Crippen molar-refractivity contribution in [2.24, 2.45) is 0 Å². The Balaban J connectivity index is 1.21. The van der Waals surface area contributed by atoms with Crippen LogP contribution in [0.4, 0.5) is 16.8 Å². The predicted octanol–water partition coefficient (Wildman–Crippen LogP) is 5.06. The second-order valence-electron chi connectivity index (χ2n) is 8.06. The fourth-order valence-electron chi connectivity index (χ4n) is 3.91. The van der Waals surface area contributed by atoms with Crippen LogP contribution in [-0.2, 0) is 0 Å². The maximum Gasteiger partial charge on any atom is 0.253 e. The molecule has 0 aliphatic carbocycles. The molecule has 33 heavy (non-hydrogen) atoms. The first-order chi connectivity index (χ1) is 15.9. The fraction of sp³-hybridized carbons (Fsp3) is 0.250. The van der Waals surface area contributed by atoms with Crippen molar-refractivity contribution in [1.82, 2.24) is 19.9 Å². The molecule has 5 rings (SSSR count). The van der Waals surface area contributed by atoms with E-state index in [9.17, 15) is 4.79 Å². The number of piperazine rings is 1. The maximum atomic E-state index is 13.0. The molecule has 168 valence electrons. The number of benzene rings is 2. The van der Waals surface area contributed by atoms with E-state index in [1.165, 1.54) is 0 Å². The van der Waals surface area contributed by atoms with Crippen LogP contribution in [0.3, 0.4) is 0 Å². The second-order valence-corrected chi connectivity index (χ2v) is 9.51. The van der Waals surface area contributed by atoms with Gasteiger partial charge in [0.25, 0.3) is 5.91 Å². The summed E-state index contributed by atoms with van der Waals surface area (Å²) in [6, 6.07) is 15.1. The van der Waals surface area contributed by atoms with Gasteiger partial charge in [0.15, 0.2) is 5.13 Å². The number of aryl methyl sites for hydroxylation is 2. The van der Waals surface area contributed by atoms with Gasteiger partial charge in [-0.2, -0.15) is 0 Å². The highest BCUT2D eigenvalue weighted by Gasteiger charge is 2.24. The van der Waals surface area contributed by atoms with E-state index in [1.54, 1.807) is 11.3 Å². The maximum absolute atomic E-state index is 13.0. The van der Waals surface area contributed by atoms with Crippen LogP contribution < -0.4 is 10.2 Å². The third-order valence-electron chi connectivity index (χ3n) is 5.55. The number of halogens is 1. The molecule has 1 saturated heterocycles. The lowest BCUT2D eigenvalue weighted by Crippen LogP contribution is -2.48. The number of amides is 1. The third kappa shape index (κ3) is 4.77. The van der Waals surface area contributed by atoms with Crippen molar-refractivity contribution >= 4 is 55.8 Å². The molecule has 9 heteroatoms. The van der Waals surface area contributed by atoms with Gasteiger partial charge >= 0.3 is 0 Å². The lowest BCUT2D eigenvalue weighted by Gasteiger charge is -2.34. The lowest BCUT2D eigenvalue weighted by atomic mass is 10.1. The first-order valence-electron chi connectivity index (χ1n) is 10.7. The minimum absolute atomic E-state index is 0.0416. The second kappa shape index (κ2) is 8.96. The molecule has 4 aromatic rings. The third-order valence-corrected chi connectivity index (χ3v) is 6.86. The summed E-state index contributed by atoms with van der Waals surface area (Å²) < 4.78 is 1.08. The van der Waals surface area contributed by atoms with Crippen LogP contribution >= 0.6 is 22.9 Å². The van der Waals surface area contributed by atoms with E-state index >= 15 is 0 Å². The molecule has 7 nitrogen and oxygen atoms in total. The van der Waals surface area contributed by atoms with Crippen molar-refractivity contribution in [3.8, 4) is 0 Å². The standard InChI is InChI=1S/C24H23ClN6OS/c1-15-13-16(2)27-23(26-15)28-19-6-3-17(4-7-19)22(32)30-9-11-31(12-10-30)24-29-20-8-5-18(25)14-21(20)33-24/h3-8,13-14H,9-12H2,1-2H3,(H,26,27,28). The summed E-state index contributed by atoms with van der Waals surface area (Å²) in [6.07, 6.45) is 0. The molecule has 3 heterocycles. The highest BCUT2D eigenvalue weighted by molar-refractivity contribution is 7.22. The first kappa shape index (κ1) is 21.6. The number of carbonyl (C=O) groups excluding carboxylic acids is 1. The average Bonchev–Trinajstić information content (AvgIpc) is 3.22. The molecule has 0 atom stereocenters. The minimum Gasteiger partial charge on any atom is -0.345 e. The average molecular weight is 479 g/mol. The van der Waals surface area contributed by atoms with Crippen molar-refractivity contribution in [3.63, 3.8) is 0 Å². The molecule has 0 radical (unpaired) electrons. The highest BCUT2D eigenvalue weighted by Crippen LogP contribution is 2.31. The summed E-state index contributed by atoms with van der Waals surface area (Å²) in [4.78, 5) is 30.7.